The number of nitrogens with one attached hydrogen (secondary N) is 1. The summed E-state index contributed by atoms with van der Waals surface area (Å²) in [4.78, 5) is 0.964. The van der Waals surface area contributed by atoms with Crippen molar-refractivity contribution in [2.75, 3.05) is 6.54 Å². The summed E-state index contributed by atoms with van der Waals surface area (Å²) in [6.45, 7) is 4.26. The van der Waals surface area contributed by atoms with Crippen LogP contribution in [0.25, 0.3) is 0 Å². The lowest BCUT2D eigenvalue weighted by atomic mass is 10.1. The van der Waals surface area contributed by atoms with Crippen molar-refractivity contribution in [3.05, 3.63) is 21.9 Å². The van der Waals surface area contributed by atoms with E-state index in [0.29, 0.717) is 6.54 Å². The summed E-state index contributed by atoms with van der Waals surface area (Å²) < 4.78 is 25.1. The molecule has 0 amide bonds. The maximum atomic E-state index is 12.6. The molecule has 1 heterocycles. The largest absolute Gasteiger partial charge is 0.305 e. The highest BCUT2D eigenvalue weighted by molar-refractivity contribution is 7.10. The average Bonchev–Trinajstić information content (AvgIpc) is 2.47. The lowest BCUT2D eigenvalue weighted by Crippen LogP contribution is -2.27. The van der Waals surface area contributed by atoms with Crippen molar-refractivity contribution in [2.24, 2.45) is 0 Å². The lowest BCUT2D eigenvalue weighted by Gasteiger charge is -2.16. The van der Waals surface area contributed by atoms with E-state index in [1.807, 2.05) is 19.2 Å². The first-order valence-electron chi connectivity index (χ1n) is 4.22. The maximum Gasteiger partial charge on any atom is 0.257 e. The first-order valence-corrected chi connectivity index (χ1v) is 5.10. The van der Waals surface area contributed by atoms with Gasteiger partial charge >= 0.3 is 0 Å². The zero-order chi connectivity index (χ0) is 9.84. The molecule has 0 bridgehead atoms. The van der Waals surface area contributed by atoms with Gasteiger partial charge in [0.15, 0.2) is 0 Å². The molecule has 0 saturated heterocycles. The van der Waals surface area contributed by atoms with E-state index < -0.39 is 12.5 Å². The highest BCUT2D eigenvalue weighted by atomic mass is 32.1. The van der Waals surface area contributed by atoms with Gasteiger partial charge in [0.25, 0.3) is 6.43 Å². The van der Waals surface area contributed by atoms with Crippen LogP contribution >= 0.6 is 11.3 Å². The number of thiophene rings is 1. The van der Waals surface area contributed by atoms with Gasteiger partial charge < -0.3 is 5.32 Å². The molecule has 0 fully saturated rings. The van der Waals surface area contributed by atoms with Crippen molar-refractivity contribution in [1.29, 1.82) is 0 Å². The number of hydrogen-bond donors (Lipinski definition) is 1. The molecule has 0 aliphatic rings. The van der Waals surface area contributed by atoms with E-state index in [0.717, 1.165) is 10.4 Å². The second-order valence-corrected chi connectivity index (χ2v) is 3.92. The predicted molar refractivity (Wildman–Crippen MR) is 51.5 cm³/mol. The average molecular weight is 205 g/mol. The van der Waals surface area contributed by atoms with E-state index in [4.69, 9.17) is 0 Å². The van der Waals surface area contributed by atoms with Crippen LogP contribution in [0, 0.1) is 6.92 Å². The highest BCUT2D eigenvalue weighted by Gasteiger charge is 2.22. The Labute approximate surface area is 80.8 Å². The molecular weight excluding hydrogens is 192 g/mol. The van der Waals surface area contributed by atoms with Crippen molar-refractivity contribution < 1.29 is 8.78 Å². The lowest BCUT2D eigenvalue weighted by molar-refractivity contribution is 0.0992. The zero-order valence-electron chi connectivity index (χ0n) is 7.68. The zero-order valence-corrected chi connectivity index (χ0v) is 8.50. The standard InChI is InChI=1S/C9H13F2NS/c1-3-12-8(9(10)11)7-4-5-13-6(7)2/h4-5,8-9,12H,3H2,1-2H3. The molecular formula is C9H13F2NS. The van der Waals surface area contributed by atoms with Gasteiger partial charge in [-0.1, -0.05) is 6.92 Å². The third kappa shape index (κ3) is 2.48. The maximum absolute atomic E-state index is 12.6. The van der Waals surface area contributed by atoms with Gasteiger partial charge in [0, 0.05) is 4.88 Å². The first kappa shape index (κ1) is 10.6. The minimum absolute atomic E-state index is 0.560. The second kappa shape index (κ2) is 4.67. The predicted octanol–water partition coefficient (Wildman–Crippen LogP) is 2.97. The second-order valence-electron chi connectivity index (χ2n) is 2.80. The molecule has 0 saturated carbocycles. The van der Waals surface area contributed by atoms with Crippen LogP contribution in [-0.2, 0) is 0 Å². The topological polar surface area (TPSA) is 12.0 Å². The van der Waals surface area contributed by atoms with E-state index >= 15 is 0 Å². The Balaban J connectivity index is 2.82. The van der Waals surface area contributed by atoms with E-state index in [9.17, 15) is 8.78 Å². The van der Waals surface area contributed by atoms with Crippen molar-refractivity contribution >= 4 is 11.3 Å². The molecule has 0 aromatic carbocycles. The van der Waals surface area contributed by atoms with Crippen LogP contribution in [0.5, 0.6) is 0 Å². The van der Waals surface area contributed by atoms with Gasteiger partial charge in [-0.2, -0.15) is 0 Å². The summed E-state index contributed by atoms with van der Waals surface area (Å²) >= 11 is 1.50. The van der Waals surface area contributed by atoms with Crippen LogP contribution < -0.4 is 5.32 Å². The van der Waals surface area contributed by atoms with E-state index in [1.165, 1.54) is 11.3 Å². The fourth-order valence-corrected chi connectivity index (χ4v) is 2.02. The van der Waals surface area contributed by atoms with Crippen LogP contribution in [0.1, 0.15) is 23.4 Å². The number of rotatable bonds is 4. The van der Waals surface area contributed by atoms with Gasteiger partial charge in [0.2, 0.25) is 0 Å². The quantitative estimate of drug-likeness (QED) is 0.796. The summed E-state index contributed by atoms with van der Waals surface area (Å²) in [7, 11) is 0. The van der Waals surface area contributed by atoms with Gasteiger partial charge in [-0.05, 0) is 30.5 Å². The molecule has 1 atom stereocenters. The van der Waals surface area contributed by atoms with E-state index in [1.54, 1.807) is 6.07 Å². The number of alkyl halides is 2. The molecule has 4 heteroatoms. The molecule has 1 aromatic heterocycles. The fourth-order valence-electron chi connectivity index (χ4n) is 1.27. The molecule has 1 rings (SSSR count). The van der Waals surface area contributed by atoms with Gasteiger partial charge in [0.05, 0.1) is 6.04 Å². The third-order valence-electron chi connectivity index (χ3n) is 1.91. The van der Waals surface area contributed by atoms with Crippen molar-refractivity contribution in [2.45, 2.75) is 26.3 Å². The smallest absolute Gasteiger partial charge is 0.257 e. The van der Waals surface area contributed by atoms with Crippen LogP contribution in [0.2, 0.25) is 0 Å². The molecule has 0 radical (unpaired) electrons. The van der Waals surface area contributed by atoms with E-state index in [2.05, 4.69) is 5.32 Å². The van der Waals surface area contributed by atoms with Crippen LogP contribution in [0.3, 0.4) is 0 Å². The molecule has 0 aliphatic carbocycles. The molecule has 1 N–H and O–H groups in total. The molecule has 1 nitrogen and oxygen atoms in total. The number of hydrogen-bond acceptors (Lipinski definition) is 2. The molecule has 74 valence electrons. The molecule has 1 aromatic rings. The van der Waals surface area contributed by atoms with Gasteiger partial charge in [0.1, 0.15) is 0 Å². The van der Waals surface area contributed by atoms with Crippen molar-refractivity contribution in [1.82, 2.24) is 5.32 Å². The molecule has 0 spiro atoms. The summed E-state index contributed by atoms with van der Waals surface area (Å²) in [5, 5.41) is 4.63. The Morgan fingerprint density at radius 1 is 1.54 bits per heavy atom. The van der Waals surface area contributed by atoms with Gasteiger partial charge in [-0.3, -0.25) is 0 Å². The number of halogens is 2. The Kier molecular flexibility index (Phi) is 3.81. The van der Waals surface area contributed by atoms with Crippen molar-refractivity contribution in [3.8, 4) is 0 Å². The first-order chi connectivity index (χ1) is 6.16. The van der Waals surface area contributed by atoms with Crippen LogP contribution in [-0.4, -0.2) is 13.0 Å². The Morgan fingerprint density at radius 2 is 2.23 bits per heavy atom. The summed E-state index contributed by atoms with van der Waals surface area (Å²) in [5.41, 5.74) is 0.724. The normalized spacial score (nSPS) is 13.6. The van der Waals surface area contributed by atoms with Crippen LogP contribution in [0.4, 0.5) is 8.78 Å². The Hall–Kier alpha value is -0.480. The molecule has 13 heavy (non-hydrogen) atoms. The minimum Gasteiger partial charge on any atom is -0.305 e. The monoisotopic (exact) mass is 205 g/mol. The SMILES string of the molecule is CCNC(c1ccsc1C)C(F)F. The highest BCUT2D eigenvalue weighted by Crippen LogP contribution is 2.26. The van der Waals surface area contributed by atoms with Gasteiger partial charge in [-0.25, -0.2) is 8.78 Å². The summed E-state index contributed by atoms with van der Waals surface area (Å²) in [6, 6.07) is 0.954. The summed E-state index contributed by atoms with van der Waals surface area (Å²) in [5.74, 6) is 0. The third-order valence-corrected chi connectivity index (χ3v) is 2.77. The fraction of sp³-hybridized carbons (Fsp3) is 0.556. The summed E-state index contributed by atoms with van der Waals surface area (Å²) in [6.07, 6.45) is -2.34. The number of aryl methyl sites for hydroxylation is 1. The van der Waals surface area contributed by atoms with Crippen molar-refractivity contribution in [3.63, 3.8) is 0 Å². The van der Waals surface area contributed by atoms with Gasteiger partial charge in [-0.15, -0.1) is 11.3 Å². The molecule has 1 unspecified atom stereocenters. The van der Waals surface area contributed by atoms with E-state index in [-0.39, 0.29) is 0 Å². The Bertz CT molecular complexity index is 260. The van der Waals surface area contributed by atoms with Crippen LogP contribution in [0.15, 0.2) is 11.4 Å². The molecule has 0 aliphatic heterocycles. The minimum atomic E-state index is -2.34. The Morgan fingerprint density at radius 3 is 2.62 bits per heavy atom.